The molecule has 166 valence electrons. The van der Waals surface area contributed by atoms with Gasteiger partial charge in [-0.3, -0.25) is 14.0 Å². The third kappa shape index (κ3) is 6.18. The van der Waals surface area contributed by atoms with Crippen LogP contribution in [0.2, 0.25) is 0 Å². The molecular formula is C24H31N3O3S. The molecule has 2 aromatic rings. The summed E-state index contributed by atoms with van der Waals surface area (Å²) < 4.78 is 26.4. The molecule has 1 atom stereocenters. The van der Waals surface area contributed by atoms with E-state index in [0.29, 0.717) is 25.2 Å². The summed E-state index contributed by atoms with van der Waals surface area (Å²) in [6.07, 6.45) is 5.82. The number of carbonyl (C=O) groups is 1. The maximum atomic E-state index is 13.3. The predicted octanol–water partition coefficient (Wildman–Crippen LogP) is 3.09. The summed E-state index contributed by atoms with van der Waals surface area (Å²) in [6, 6.07) is 18.3. The number of carbonyl (C=O) groups excluding carboxylic acids is 1. The fourth-order valence-corrected chi connectivity index (χ4v) is 5.09. The van der Waals surface area contributed by atoms with E-state index >= 15 is 0 Å². The van der Waals surface area contributed by atoms with Gasteiger partial charge in [0.25, 0.3) is 0 Å². The Bertz CT molecular complexity index is 970. The Hall–Kier alpha value is -2.64. The van der Waals surface area contributed by atoms with Crippen LogP contribution in [0.1, 0.15) is 18.9 Å². The van der Waals surface area contributed by atoms with Crippen molar-refractivity contribution in [3.05, 3.63) is 72.3 Å². The van der Waals surface area contributed by atoms with Gasteiger partial charge in [0.15, 0.2) is 0 Å². The van der Waals surface area contributed by atoms with Crippen LogP contribution in [0.5, 0.6) is 0 Å². The van der Waals surface area contributed by atoms with E-state index in [1.807, 2.05) is 31.2 Å². The van der Waals surface area contributed by atoms with Crippen molar-refractivity contribution in [2.24, 2.45) is 0 Å². The zero-order chi connectivity index (χ0) is 22.3. The first-order valence-electron chi connectivity index (χ1n) is 10.7. The lowest BCUT2D eigenvalue weighted by Gasteiger charge is -2.38. The largest absolute Gasteiger partial charge is 0.338 e. The van der Waals surface area contributed by atoms with Crippen molar-refractivity contribution in [2.45, 2.75) is 19.4 Å². The topological polar surface area (TPSA) is 60.9 Å². The molecule has 1 aliphatic heterocycles. The molecule has 1 aliphatic rings. The molecule has 1 saturated heterocycles. The van der Waals surface area contributed by atoms with Crippen LogP contribution < -0.4 is 4.31 Å². The molecule has 2 aromatic carbocycles. The van der Waals surface area contributed by atoms with E-state index in [4.69, 9.17) is 0 Å². The van der Waals surface area contributed by atoms with Gasteiger partial charge < -0.3 is 4.90 Å². The van der Waals surface area contributed by atoms with Gasteiger partial charge in [-0.05, 0) is 24.1 Å². The summed E-state index contributed by atoms with van der Waals surface area (Å²) in [6.45, 7) is 5.42. The second-order valence-corrected chi connectivity index (χ2v) is 9.62. The van der Waals surface area contributed by atoms with Crippen molar-refractivity contribution < 1.29 is 13.2 Å². The van der Waals surface area contributed by atoms with Crippen molar-refractivity contribution in [3.63, 3.8) is 0 Å². The molecular weight excluding hydrogens is 410 g/mol. The number of benzene rings is 2. The Labute approximate surface area is 185 Å². The number of hydrogen-bond acceptors (Lipinski definition) is 4. The Morgan fingerprint density at radius 1 is 1.00 bits per heavy atom. The van der Waals surface area contributed by atoms with E-state index in [1.165, 1.54) is 9.87 Å². The molecule has 6 nitrogen and oxygen atoms in total. The number of nitrogens with zero attached hydrogens (tertiary/aromatic N) is 3. The van der Waals surface area contributed by atoms with Crippen LogP contribution in [-0.4, -0.2) is 69.1 Å². The van der Waals surface area contributed by atoms with Gasteiger partial charge in [0, 0.05) is 32.7 Å². The van der Waals surface area contributed by atoms with Gasteiger partial charge >= 0.3 is 0 Å². The van der Waals surface area contributed by atoms with E-state index in [1.54, 1.807) is 29.2 Å². The number of amides is 1. The molecule has 0 saturated carbocycles. The molecule has 0 aliphatic carbocycles. The average molecular weight is 442 g/mol. The maximum Gasteiger partial charge on any atom is 0.246 e. The average Bonchev–Trinajstić information content (AvgIpc) is 2.78. The van der Waals surface area contributed by atoms with E-state index in [9.17, 15) is 13.2 Å². The molecule has 7 heteroatoms. The first-order chi connectivity index (χ1) is 14.9. The highest BCUT2D eigenvalue weighted by atomic mass is 32.2. The molecule has 0 N–H and O–H groups in total. The van der Waals surface area contributed by atoms with Gasteiger partial charge in [0.2, 0.25) is 15.9 Å². The zero-order valence-corrected chi connectivity index (χ0v) is 19.0. The highest BCUT2D eigenvalue weighted by molar-refractivity contribution is 7.92. The minimum Gasteiger partial charge on any atom is -0.338 e. The molecule has 1 heterocycles. The van der Waals surface area contributed by atoms with Crippen LogP contribution in [0.25, 0.3) is 6.08 Å². The maximum absolute atomic E-state index is 13.3. The molecule has 0 spiro atoms. The van der Waals surface area contributed by atoms with E-state index in [-0.39, 0.29) is 5.91 Å². The Morgan fingerprint density at radius 3 is 2.13 bits per heavy atom. The Balaban J connectivity index is 1.62. The quantitative estimate of drug-likeness (QED) is 0.632. The number of para-hydroxylation sites is 1. The summed E-state index contributed by atoms with van der Waals surface area (Å²) in [4.78, 5) is 17.4. The highest BCUT2D eigenvalue weighted by Gasteiger charge is 2.35. The van der Waals surface area contributed by atoms with Gasteiger partial charge in [-0.1, -0.05) is 67.6 Å². The molecule has 0 bridgehead atoms. The fraction of sp³-hybridized carbons (Fsp3) is 0.375. The standard InChI is InChI=1S/C24H31N3O3S/c1-3-23(27(31(2,29)30)22-14-8-5-9-15-22)24(28)26-19-17-25(18-20-26)16-10-13-21-11-6-4-7-12-21/h4-15,23H,3,16-20H2,1-2H3/b13-10+/t23-/m0/s1. The Kier molecular flexibility index (Phi) is 7.87. The van der Waals surface area contributed by atoms with Crippen molar-refractivity contribution >= 4 is 27.7 Å². The second kappa shape index (κ2) is 10.6. The first kappa shape index (κ1) is 23.0. The smallest absolute Gasteiger partial charge is 0.246 e. The zero-order valence-electron chi connectivity index (χ0n) is 18.2. The van der Waals surface area contributed by atoms with Gasteiger partial charge in [0.1, 0.15) is 6.04 Å². The molecule has 0 unspecified atom stereocenters. The summed E-state index contributed by atoms with van der Waals surface area (Å²) in [5.74, 6) is -0.128. The predicted molar refractivity (Wildman–Crippen MR) is 126 cm³/mol. The van der Waals surface area contributed by atoms with Crippen molar-refractivity contribution in [2.75, 3.05) is 43.3 Å². The number of piperazine rings is 1. The van der Waals surface area contributed by atoms with Crippen molar-refractivity contribution in [1.82, 2.24) is 9.80 Å². The number of rotatable bonds is 8. The molecule has 0 aromatic heterocycles. The minimum atomic E-state index is -3.60. The third-order valence-electron chi connectivity index (χ3n) is 5.48. The normalized spacial score (nSPS) is 16.4. The van der Waals surface area contributed by atoms with E-state index in [2.05, 4.69) is 29.2 Å². The summed E-state index contributed by atoms with van der Waals surface area (Å²) in [5, 5.41) is 0. The van der Waals surface area contributed by atoms with Crippen LogP contribution in [-0.2, 0) is 14.8 Å². The minimum absolute atomic E-state index is 0.128. The van der Waals surface area contributed by atoms with E-state index < -0.39 is 16.1 Å². The van der Waals surface area contributed by atoms with Crippen LogP contribution in [0.15, 0.2) is 66.7 Å². The third-order valence-corrected chi connectivity index (χ3v) is 6.66. The Morgan fingerprint density at radius 2 is 1.58 bits per heavy atom. The van der Waals surface area contributed by atoms with E-state index in [0.717, 1.165) is 25.9 Å². The number of hydrogen-bond donors (Lipinski definition) is 0. The lowest BCUT2D eigenvalue weighted by Crippen LogP contribution is -2.55. The number of anilines is 1. The molecule has 1 amide bonds. The molecule has 1 fully saturated rings. The molecule has 0 radical (unpaired) electrons. The SMILES string of the molecule is CC[C@@H](C(=O)N1CCN(C/C=C/c2ccccc2)CC1)N(c1ccccc1)S(C)(=O)=O. The molecule has 31 heavy (non-hydrogen) atoms. The first-order valence-corrected chi connectivity index (χ1v) is 12.5. The fourth-order valence-electron chi connectivity index (χ4n) is 3.88. The lowest BCUT2D eigenvalue weighted by molar-refractivity contribution is -0.134. The van der Waals surface area contributed by atoms with Crippen LogP contribution >= 0.6 is 0 Å². The second-order valence-electron chi connectivity index (χ2n) is 7.76. The number of sulfonamides is 1. The van der Waals surface area contributed by atoms with Crippen molar-refractivity contribution in [3.8, 4) is 0 Å². The van der Waals surface area contributed by atoms with Crippen LogP contribution in [0.4, 0.5) is 5.69 Å². The summed E-state index contributed by atoms with van der Waals surface area (Å²) in [7, 11) is -3.60. The van der Waals surface area contributed by atoms with Crippen LogP contribution in [0.3, 0.4) is 0 Å². The highest BCUT2D eigenvalue weighted by Crippen LogP contribution is 2.23. The summed E-state index contributed by atoms with van der Waals surface area (Å²) in [5.41, 5.74) is 1.69. The van der Waals surface area contributed by atoms with Gasteiger partial charge in [-0.15, -0.1) is 0 Å². The van der Waals surface area contributed by atoms with Crippen molar-refractivity contribution in [1.29, 1.82) is 0 Å². The summed E-state index contributed by atoms with van der Waals surface area (Å²) >= 11 is 0. The van der Waals surface area contributed by atoms with Gasteiger partial charge in [-0.2, -0.15) is 0 Å². The monoisotopic (exact) mass is 441 g/mol. The van der Waals surface area contributed by atoms with Gasteiger partial charge in [0.05, 0.1) is 11.9 Å². The lowest BCUT2D eigenvalue weighted by atomic mass is 10.1. The van der Waals surface area contributed by atoms with Crippen LogP contribution in [0, 0.1) is 0 Å². The van der Waals surface area contributed by atoms with Gasteiger partial charge in [-0.25, -0.2) is 8.42 Å². The molecule has 3 rings (SSSR count).